The summed E-state index contributed by atoms with van der Waals surface area (Å²) in [5.41, 5.74) is 1.84. The Morgan fingerprint density at radius 3 is 2.71 bits per heavy atom. The van der Waals surface area contributed by atoms with Crippen LogP contribution in [0, 0.1) is 6.92 Å². The van der Waals surface area contributed by atoms with Crippen LogP contribution in [0.25, 0.3) is 11.6 Å². The number of pyridine rings is 1. The van der Waals surface area contributed by atoms with Gasteiger partial charge in [0, 0.05) is 12.6 Å². The largest absolute Gasteiger partial charge is 0.419 e. The Balaban J connectivity index is 2.34. The molecule has 4 heteroatoms. The predicted octanol–water partition coefficient (Wildman–Crippen LogP) is 2.00. The van der Waals surface area contributed by atoms with Crippen LogP contribution in [-0.4, -0.2) is 15.2 Å². The molecule has 0 unspecified atom stereocenters. The second-order valence-corrected chi connectivity index (χ2v) is 3.08. The molecule has 2 aromatic heterocycles. The van der Waals surface area contributed by atoms with E-state index in [1.807, 2.05) is 26.0 Å². The Hall–Kier alpha value is -1.71. The molecular formula is C10H11N3O. The second-order valence-electron chi connectivity index (χ2n) is 3.08. The molecule has 0 aromatic carbocycles. The smallest absolute Gasteiger partial charge is 0.266 e. The van der Waals surface area contributed by atoms with Gasteiger partial charge in [0.15, 0.2) is 0 Å². The Bertz CT molecular complexity index is 419. The minimum absolute atomic E-state index is 0.488. The molecule has 2 heterocycles. The standard InChI is InChI=1S/C10H11N3O/c1-3-9-12-13-10(14-9)8-5-4-7(2)6-11-8/h4-6H,3H2,1-2H3. The molecule has 0 spiro atoms. The number of hydrogen-bond donors (Lipinski definition) is 0. The van der Waals surface area contributed by atoms with Crippen molar-refractivity contribution >= 4 is 0 Å². The highest BCUT2D eigenvalue weighted by Gasteiger charge is 2.07. The van der Waals surface area contributed by atoms with Crippen molar-refractivity contribution in [2.24, 2.45) is 0 Å². The lowest BCUT2D eigenvalue weighted by Gasteiger charge is -1.93. The van der Waals surface area contributed by atoms with Crippen LogP contribution in [0.1, 0.15) is 18.4 Å². The maximum atomic E-state index is 5.37. The van der Waals surface area contributed by atoms with E-state index < -0.39 is 0 Å². The van der Waals surface area contributed by atoms with E-state index in [-0.39, 0.29) is 0 Å². The molecule has 4 nitrogen and oxygen atoms in total. The highest BCUT2D eigenvalue weighted by molar-refractivity contribution is 5.45. The zero-order chi connectivity index (χ0) is 9.97. The van der Waals surface area contributed by atoms with E-state index >= 15 is 0 Å². The van der Waals surface area contributed by atoms with Crippen molar-refractivity contribution in [3.8, 4) is 11.6 Å². The fourth-order valence-electron chi connectivity index (χ4n) is 1.09. The van der Waals surface area contributed by atoms with Gasteiger partial charge in [-0.05, 0) is 18.6 Å². The van der Waals surface area contributed by atoms with Crippen LogP contribution in [0.15, 0.2) is 22.7 Å². The summed E-state index contributed by atoms with van der Waals surface area (Å²) < 4.78 is 5.37. The van der Waals surface area contributed by atoms with Crippen molar-refractivity contribution in [3.63, 3.8) is 0 Å². The van der Waals surface area contributed by atoms with Gasteiger partial charge in [0.25, 0.3) is 5.89 Å². The van der Waals surface area contributed by atoms with Gasteiger partial charge < -0.3 is 4.42 Å². The molecule has 0 aliphatic heterocycles. The number of rotatable bonds is 2. The topological polar surface area (TPSA) is 51.8 Å². The summed E-state index contributed by atoms with van der Waals surface area (Å²) in [6.07, 6.45) is 2.53. The average Bonchev–Trinajstić information content (AvgIpc) is 2.67. The molecule has 0 aliphatic carbocycles. The summed E-state index contributed by atoms with van der Waals surface area (Å²) in [6.45, 7) is 3.96. The Morgan fingerprint density at radius 1 is 1.29 bits per heavy atom. The van der Waals surface area contributed by atoms with Gasteiger partial charge in [0.2, 0.25) is 5.89 Å². The molecular weight excluding hydrogens is 178 g/mol. The van der Waals surface area contributed by atoms with Crippen LogP contribution < -0.4 is 0 Å². The van der Waals surface area contributed by atoms with E-state index in [2.05, 4.69) is 15.2 Å². The Labute approximate surface area is 82.0 Å². The molecule has 14 heavy (non-hydrogen) atoms. The quantitative estimate of drug-likeness (QED) is 0.725. The lowest BCUT2D eigenvalue weighted by atomic mass is 10.3. The van der Waals surface area contributed by atoms with E-state index in [9.17, 15) is 0 Å². The normalized spacial score (nSPS) is 10.4. The zero-order valence-corrected chi connectivity index (χ0v) is 8.19. The predicted molar refractivity (Wildman–Crippen MR) is 51.6 cm³/mol. The van der Waals surface area contributed by atoms with E-state index in [1.165, 1.54) is 0 Å². The zero-order valence-electron chi connectivity index (χ0n) is 8.19. The van der Waals surface area contributed by atoms with E-state index in [0.29, 0.717) is 11.8 Å². The van der Waals surface area contributed by atoms with Gasteiger partial charge in [-0.2, -0.15) is 0 Å². The summed E-state index contributed by atoms with van der Waals surface area (Å²) in [5.74, 6) is 1.13. The van der Waals surface area contributed by atoms with Gasteiger partial charge in [-0.25, -0.2) is 0 Å². The molecule has 0 N–H and O–H groups in total. The number of nitrogens with zero attached hydrogens (tertiary/aromatic N) is 3. The summed E-state index contributed by atoms with van der Waals surface area (Å²) in [5, 5.41) is 7.78. The first kappa shape index (κ1) is 8.87. The first-order valence-corrected chi connectivity index (χ1v) is 4.55. The molecule has 0 bridgehead atoms. The maximum absolute atomic E-state index is 5.37. The Morgan fingerprint density at radius 2 is 2.14 bits per heavy atom. The van der Waals surface area contributed by atoms with Gasteiger partial charge in [-0.15, -0.1) is 10.2 Å². The average molecular weight is 189 g/mol. The third-order valence-electron chi connectivity index (χ3n) is 1.90. The molecule has 0 saturated carbocycles. The van der Waals surface area contributed by atoms with Crippen LogP contribution in [0.4, 0.5) is 0 Å². The number of aromatic nitrogens is 3. The molecule has 0 radical (unpaired) electrons. The van der Waals surface area contributed by atoms with Crippen LogP contribution >= 0.6 is 0 Å². The maximum Gasteiger partial charge on any atom is 0.266 e. The van der Waals surface area contributed by atoms with Gasteiger partial charge in [0.1, 0.15) is 5.69 Å². The SMILES string of the molecule is CCc1nnc(-c2ccc(C)cn2)o1. The van der Waals surface area contributed by atoms with Crippen molar-refractivity contribution < 1.29 is 4.42 Å². The molecule has 0 aliphatic rings. The first-order valence-electron chi connectivity index (χ1n) is 4.55. The van der Waals surface area contributed by atoms with Gasteiger partial charge in [-0.1, -0.05) is 13.0 Å². The molecule has 72 valence electrons. The number of aryl methyl sites for hydroxylation is 2. The molecule has 2 rings (SSSR count). The molecule has 0 saturated heterocycles. The fourth-order valence-corrected chi connectivity index (χ4v) is 1.09. The molecule has 0 atom stereocenters. The van der Waals surface area contributed by atoms with Crippen molar-refractivity contribution in [1.82, 2.24) is 15.2 Å². The Kier molecular flexibility index (Phi) is 2.26. The van der Waals surface area contributed by atoms with Crippen molar-refractivity contribution in [3.05, 3.63) is 29.8 Å². The minimum atomic E-state index is 0.488. The molecule has 2 aromatic rings. The highest BCUT2D eigenvalue weighted by Crippen LogP contribution is 2.15. The van der Waals surface area contributed by atoms with Crippen LogP contribution in [0.2, 0.25) is 0 Å². The third kappa shape index (κ3) is 1.64. The highest BCUT2D eigenvalue weighted by atomic mass is 16.4. The summed E-state index contributed by atoms with van der Waals surface area (Å²) in [7, 11) is 0. The van der Waals surface area contributed by atoms with E-state index in [0.717, 1.165) is 17.7 Å². The molecule has 0 fully saturated rings. The van der Waals surface area contributed by atoms with Crippen LogP contribution in [0.3, 0.4) is 0 Å². The van der Waals surface area contributed by atoms with E-state index in [1.54, 1.807) is 6.20 Å². The summed E-state index contributed by atoms with van der Waals surface area (Å²) in [6, 6.07) is 3.85. The monoisotopic (exact) mass is 189 g/mol. The second kappa shape index (κ2) is 3.57. The lowest BCUT2D eigenvalue weighted by molar-refractivity contribution is 0.511. The van der Waals surface area contributed by atoms with Crippen LogP contribution in [-0.2, 0) is 6.42 Å². The van der Waals surface area contributed by atoms with Gasteiger partial charge in [-0.3, -0.25) is 4.98 Å². The van der Waals surface area contributed by atoms with Crippen molar-refractivity contribution in [2.45, 2.75) is 20.3 Å². The summed E-state index contributed by atoms with van der Waals surface area (Å²) >= 11 is 0. The van der Waals surface area contributed by atoms with Crippen LogP contribution in [0.5, 0.6) is 0 Å². The van der Waals surface area contributed by atoms with Gasteiger partial charge in [0.05, 0.1) is 0 Å². The third-order valence-corrected chi connectivity index (χ3v) is 1.90. The van der Waals surface area contributed by atoms with E-state index in [4.69, 9.17) is 4.42 Å². The van der Waals surface area contributed by atoms with Crippen molar-refractivity contribution in [2.75, 3.05) is 0 Å². The number of hydrogen-bond acceptors (Lipinski definition) is 4. The molecule has 0 amide bonds. The van der Waals surface area contributed by atoms with Gasteiger partial charge >= 0.3 is 0 Å². The first-order chi connectivity index (χ1) is 6.79. The lowest BCUT2D eigenvalue weighted by Crippen LogP contribution is -1.83. The van der Waals surface area contributed by atoms with Crippen molar-refractivity contribution in [1.29, 1.82) is 0 Å². The minimum Gasteiger partial charge on any atom is -0.419 e. The fraction of sp³-hybridized carbons (Fsp3) is 0.300. The summed E-state index contributed by atoms with van der Waals surface area (Å²) in [4.78, 5) is 4.20.